The van der Waals surface area contributed by atoms with Crippen molar-refractivity contribution in [3.8, 4) is 0 Å². The Bertz CT molecular complexity index is 698. The molecule has 1 amide bonds. The number of quaternary nitrogens is 1. The normalized spacial score (nSPS) is 16.2. The summed E-state index contributed by atoms with van der Waals surface area (Å²) in [6.45, 7) is 3.34. The van der Waals surface area contributed by atoms with Crippen LogP contribution in [0.15, 0.2) is 35.4 Å². The number of nitrogens with one attached hydrogen (secondary N) is 1. The number of hydrogen-bond acceptors (Lipinski definition) is 4. The monoisotopic (exact) mass is 352 g/mol. The van der Waals surface area contributed by atoms with Crippen LogP contribution in [0.4, 0.5) is 0 Å². The minimum atomic E-state index is -0.847. The lowest BCUT2D eigenvalue weighted by Crippen LogP contribution is -3.00. The molecule has 1 aromatic rings. The van der Waals surface area contributed by atoms with Gasteiger partial charge in [-0.05, 0) is 20.3 Å². The fraction of sp³-hybridized carbons (Fsp3) is 0.353. The van der Waals surface area contributed by atoms with Crippen LogP contribution in [-0.4, -0.2) is 41.3 Å². The molecule has 1 aromatic carbocycles. The fourth-order valence-electron chi connectivity index (χ4n) is 2.51. The van der Waals surface area contributed by atoms with E-state index in [4.69, 9.17) is 0 Å². The molecule has 7 heteroatoms. The van der Waals surface area contributed by atoms with Gasteiger partial charge in [-0.3, -0.25) is 14.4 Å². The summed E-state index contributed by atoms with van der Waals surface area (Å²) in [6, 6.07) is 5.97. The number of ketones is 2. The van der Waals surface area contributed by atoms with E-state index in [-0.39, 0.29) is 42.8 Å². The summed E-state index contributed by atoms with van der Waals surface area (Å²) in [5, 5.41) is 12.0. The number of aliphatic hydroxyl groups is 1. The average molecular weight is 353 g/mol. The lowest BCUT2D eigenvalue weighted by Gasteiger charge is -2.19. The molecule has 0 heterocycles. The quantitative estimate of drug-likeness (QED) is 0.520. The van der Waals surface area contributed by atoms with E-state index in [1.165, 1.54) is 6.92 Å². The first kappa shape index (κ1) is 20.0. The lowest BCUT2D eigenvalue weighted by atomic mass is 9.83. The molecule has 0 aromatic heterocycles. The molecule has 2 rings (SSSR count). The summed E-state index contributed by atoms with van der Waals surface area (Å²) in [5.41, 5.74) is 5.25. The van der Waals surface area contributed by atoms with Crippen LogP contribution in [0.1, 0.15) is 41.0 Å². The molecule has 24 heavy (non-hydrogen) atoms. The Hall–Kier alpha value is -2.02. The van der Waals surface area contributed by atoms with Crippen molar-refractivity contribution in [2.45, 2.75) is 32.4 Å². The summed E-state index contributed by atoms with van der Waals surface area (Å²) < 4.78 is 0. The summed E-state index contributed by atoms with van der Waals surface area (Å²) in [6.07, 6.45) is -0.580. The molecule has 0 spiro atoms. The molecule has 130 valence electrons. The van der Waals surface area contributed by atoms with E-state index in [1.54, 1.807) is 31.2 Å². The van der Waals surface area contributed by atoms with Crippen molar-refractivity contribution in [3.63, 3.8) is 0 Å². The van der Waals surface area contributed by atoms with E-state index >= 15 is 0 Å². The van der Waals surface area contributed by atoms with Gasteiger partial charge in [-0.15, -0.1) is 0 Å². The molecule has 0 saturated heterocycles. The topological polar surface area (TPSA) is 111 Å². The van der Waals surface area contributed by atoms with Crippen LogP contribution < -0.4 is 23.5 Å². The summed E-state index contributed by atoms with van der Waals surface area (Å²) in [7, 11) is 0. The first-order chi connectivity index (χ1) is 10.8. The zero-order valence-corrected chi connectivity index (χ0v) is 14.4. The van der Waals surface area contributed by atoms with E-state index < -0.39 is 12.1 Å². The van der Waals surface area contributed by atoms with Gasteiger partial charge in [0.25, 0.3) is 5.91 Å². The number of fused-ring (bicyclic) bond motifs is 1. The first-order valence-corrected chi connectivity index (χ1v) is 7.51. The van der Waals surface area contributed by atoms with Gasteiger partial charge >= 0.3 is 0 Å². The third-order valence-electron chi connectivity index (χ3n) is 4.08. The van der Waals surface area contributed by atoms with Gasteiger partial charge in [-0.2, -0.15) is 0 Å². The van der Waals surface area contributed by atoms with Crippen LogP contribution in [0.3, 0.4) is 0 Å². The molecule has 6 nitrogen and oxygen atoms in total. The third-order valence-corrected chi connectivity index (χ3v) is 4.08. The van der Waals surface area contributed by atoms with Crippen molar-refractivity contribution in [2.75, 3.05) is 6.54 Å². The molecule has 2 atom stereocenters. The van der Waals surface area contributed by atoms with Crippen molar-refractivity contribution in [3.05, 3.63) is 46.5 Å². The smallest absolute Gasteiger partial charge is 0.280 e. The van der Waals surface area contributed by atoms with Gasteiger partial charge in [0.05, 0.1) is 0 Å². The summed E-state index contributed by atoms with van der Waals surface area (Å²) in [4.78, 5) is 36.6. The second kappa shape index (κ2) is 8.19. The maximum Gasteiger partial charge on any atom is 0.280 e. The summed E-state index contributed by atoms with van der Waals surface area (Å²) >= 11 is 0. The number of halogens is 1. The van der Waals surface area contributed by atoms with E-state index in [2.05, 4.69) is 11.1 Å². The molecule has 1 aliphatic carbocycles. The fourth-order valence-corrected chi connectivity index (χ4v) is 2.51. The van der Waals surface area contributed by atoms with E-state index in [1.807, 2.05) is 0 Å². The van der Waals surface area contributed by atoms with Crippen molar-refractivity contribution >= 4 is 17.5 Å². The number of rotatable bonds is 5. The van der Waals surface area contributed by atoms with Crippen molar-refractivity contribution in [1.29, 1.82) is 0 Å². The highest BCUT2D eigenvalue weighted by atomic mass is 35.5. The van der Waals surface area contributed by atoms with Gasteiger partial charge < -0.3 is 28.6 Å². The molecule has 0 radical (unpaired) electrons. The third kappa shape index (κ3) is 3.90. The maximum absolute atomic E-state index is 12.5. The van der Waals surface area contributed by atoms with E-state index in [0.717, 1.165) is 0 Å². The standard InChI is InChI=1S/C17H20N2O4.ClH/c1-9-11(7-8-19-17(23)14(18)10(2)20)16(22)13-6-4-3-5-12(13)15(9)21;/h3-6,10,14,20H,7-8,18H2,1-2H3,(H,19,23);1H. The number of allylic oxidation sites excluding steroid dienone is 1. The number of Topliss-reactive ketones (excluding diaryl/α,β-unsaturated/α-hetero) is 2. The van der Waals surface area contributed by atoms with E-state index in [0.29, 0.717) is 22.3 Å². The number of aliphatic hydroxyl groups excluding tert-OH is 1. The van der Waals surface area contributed by atoms with Crippen LogP contribution >= 0.6 is 0 Å². The molecule has 0 saturated carbocycles. The molecular weight excluding hydrogens is 332 g/mol. The maximum atomic E-state index is 12.5. The average Bonchev–Trinajstić information content (AvgIpc) is 2.54. The predicted octanol–water partition coefficient (Wildman–Crippen LogP) is -3.12. The Morgan fingerprint density at radius 3 is 2.29 bits per heavy atom. The number of benzene rings is 1. The highest BCUT2D eigenvalue weighted by molar-refractivity contribution is 6.26. The van der Waals surface area contributed by atoms with Crippen LogP contribution in [0.2, 0.25) is 0 Å². The predicted molar refractivity (Wildman–Crippen MR) is 83.8 cm³/mol. The minimum absolute atomic E-state index is 0. The Labute approximate surface area is 146 Å². The van der Waals surface area contributed by atoms with Gasteiger partial charge in [0.1, 0.15) is 6.10 Å². The Kier molecular flexibility index (Phi) is 6.83. The second-order valence-electron chi connectivity index (χ2n) is 5.70. The molecule has 5 N–H and O–H groups in total. The van der Waals surface area contributed by atoms with Gasteiger partial charge in [-0.25, -0.2) is 0 Å². The van der Waals surface area contributed by atoms with E-state index in [9.17, 15) is 19.5 Å². The molecule has 1 aliphatic rings. The van der Waals surface area contributed by atoms with Crippen molar-refractivity contribution in [1.82, 2.24) is 5.32 Å². The van der Waals surface area contributed by atoms with Gasteiger partial charge in [0, 0.05) is 28.8 Å². The molecular formula is C17H21ClN2O4. The molecule has 0 fully saturated rings. The van der Waals surface area contributed by atoms with Gasteiger partial charge in [0.15, 0.2) is 17.6 Å². The van der Waals surface area contributed by atoms with Gasteiger partial charge in [-0.1, -0.05) is 24.3 Å². The van der Waals surface area contributed by atoms with Crippen LogP contribution in [0.5, 0.6) is 0 Å². The zero-order valence-electron chi connectivity index (χ0n) is 13.6. The van der Waals surface area contributed by atoms with Gasteiger partial charge in [0.2, 0.25) is 0 Å². The zero-order chi connectivity index (χ0) is 17.1. The number of hydrogen-bond donors (Lipinski definition) is 3. The summed E-state index contributed by atoms with van der Waals surface area (Å²) in [5.74, 6) is -0.706. The highest BCUT2D eigenvalue weighted by Gasteiger charge is 2.29. The van der Waals surface area contributed by atoms with Crippen LogP contribution in [-0.2, 0) is 4.79 Å². The van der Waals surface area contributed by atoms with Crippen molar-refractivity contribution in [2.24, 2.45) is 0 Å². The molecule has 0 bridgehead atoms. The van der Waals surface area contributed by atoms with Crippen LogP contribution in [0, 0.1) is 0 Å². The Balaban J connectivity index is 0.00000288. The second-order valence-corrected chi connectivity index (χ2v) is 5.70. The number of carbonyl (C=O) groups is 3. The largest absolute Gasteiger partial charge is 1.00 e. The minimum Gasteiger partial charge on any atom is -1.00 e. The Morgan fingerprint density at radius 2 is 1.75 bits per heavy atom. The van der Waals surface area contributed by atoms with Crippen molar-refractivity contribution < 1.29 is 37.6 Å². The van der Waals surface area contributed by atoms with Crippen LogP contribution in [0.25, 0.3) is 0 Å². The molecule has 2 unspecified atom stereocenters. The first-order valence-electron chi connectivity index (χ1n) is 7.51. The SMILES string of the molecule is CC1=C(CCNC(=O)C([NH3+])C(C)O)C(=O)c2ccccc2C1=O.[Cl-]. The number of carbonyl (C=O) groups excluding carboxylic acids is 3. The highest BCUT2D eigenvalue weighted by Crippen LogP contribution is 2.27. The number of amides is 1. The Morgan fingerprint density at radius 1 is 1.21 bits per heavy atom. The lowest BCUT2D eigenvalue weighted by molar-refractivity contribution is -0.419. The molecule has 0 aliphatic heterocycles.